The van der Waals surface area contributed by atoms with Crippen molar-refractivity contribution in [3.63, 3.8) is 0 Å². The van der Waals surface area contributed by atoms with Crippen molar-refractivity contribution < 1.29 is 10.2 Å². The first-order chi connectivity index (χ1) is 7.27. The highest BCUT2D eigenvalue weighted by atomic mass is 32.2. The predicted octanol–water partition coefficient (Wildman–Crippen LogP) is 0.703. The molecule has 2 aliphatic rings. The number of hydrogen-bond donors (Lipinski definition) is 2. The maximum Gasteiger partial charge on any atom is 0.103 e. The van der Waals surface area contributed by atoms with Gasteiger partial charge in [-0.3, -0.25) is 0 Å². The Labute approximate surface area is 92.7 Å². The zero-order valence-corrected chi connectivity index (χ0v) is 9.02. The van der Waals surface area contributed by atoms with Crippen molar-refractivity contribution in [2.24, 2.45) is 0 Å². The molecule has 2 aliphatic heterocycles. The molecule has 1 unspecified atom stereocenters. The van der Waals surface area contributed by atoms with E-state index < -0.39 is 12.2 Å². The molecule has 0 spiro atoms. The number of rotatable bonds is 0. The summed E-state index contributed by atoms with van der Waals surface area (Å²) in [5.41, 5.74) is 1.15. The Morgan fingerprint density at radius 3 is 2.93 bits per heavy atom. The molecule has 3 nitrogen and oxygen atoms in total. The summed E-state index contributed by atoms with van der Waals surface area (Å²) in [5.74, 6) is 0.856. The van der Waals surface area contributed by atoms with Crippen LogP contribution in [0.3, 0.4) is 0 Å². The van der Waals surface area contributed by atoms with E-state index in [1.165, 1.54) is 4.90 Å². The van der Waals surface area contributed by atoms with Gasteiger partial charge in [-0.25, -0.2) is 0 Å². The Hall–Kier alpha value is -0.710. The van der Waals surface area contributed by atoms with Crippen LogP contribution in [-0.4, -0.2) is 40.8 Å². The van der Waals surface area contributed by atoms with Crippen molar-refractivity contribution in [2.75, 3.05) is 17.2 Å². The van der Waals surface area contributed by atoms with Crippen LogP contribution in [0.5, 0.6) is 0 Å². The minimum Gasteiger partial charge on any atom is -0.388 e. The van der Waals surface area contributed by atoms with Crippen LogP contribution >= 0.6 is 11.8 Å². The van der Waals surface area contributed by atoms with Gasteiger partial charge in [0.25, 0.3) is 0 Å². The summed E-state index contributed by atoms with van der Waals surface area (Å²) in [4.78, 5) is 3.37. The van der Waals surface area contributed by atoms with E-state index >= 15 is 0 Å². The molecular weight excluding hydrogens is 210 g/mol. The molecule has 0 amide bonds. The summed E-state index contributed by atoms with van der Waals surface area (Å²) >= 11 is 1.76. The Kier molecular flexibility index (Phi) is 2.16. The molecule has 3 rings (SSSR count). The van der Waals surface area contributed by atoms with Crippen molar-refractivity contribution >= 4 is 17.4 Å². The second-order valence-corrected chi connectivity index (χ2v) is 5.12. The Morgan fingerprint density at radius 1 is 1.27 bits per heavy atom. The van der Waals surface area contributed by atoms with Gasteiger partial charge in [-0.15, -0.1) is 11.8 Å². The zero-order valence-electron chi connectivity index (χ0n) is 8.21. The van der Waals surface area contributed by atoms with Crippen LogP contribution in [0.15, 0.2) is 29.2 Å². The Balaban J connectivity index is 2.01. The number of para-hydroxylation sites is 1. The third-order valence-electron chi connectivity index (χ3n) is 3.16. The third-order valence-corrected chi connectivity index (χ3v) is 4.32. The van der Waals surface area contributed by atoms with E-state index in [4.69, 9.17) is 0 Å². The van der Waals surface area contributed by atoms with Gasteiger partial charge in [-0.2, -0.15) is 0 Å². The lowest BCUT2D eigenvalue weighted by Crippen LogP contribution is -2.40. The summed E-state index contributed by atoms with van der Waals surface area (Å²) < 4.78 is 0. The number of fused-ring (bicyclic) bond motifs is 3. The highest BCUT2D eigenvalue weighted by molar-refractivity contribution is 7.99. The van der Waals surface area contributed by atoms with Crippen LogP contribution in [0.2, 0.25) is 0 Å². The second-order valence-electron chi connectivity index (χ2n) is 4.06. The fraction of sp³-hybridized carbons (Fsp3) is 0.455. The van der Waals surface area contributed by atoms with E-state index in [0.29, 0.717) is 6.54 Å². The molecule has 1 saturated heterocycles. The minimum absolute atomic E-state index is 0.0694. The predicted molar refractivity (Wildman–Crippen MR) is 60.3 cm³/mol. The molecule has 0 radical (unpaired) electrons. The zero-order chi connectivity index (χ0) is 10.4. The molecule has 2 heterocycles. The van der Waals surface area contributed by atoms with Gasteiger partial charge >= 0.3 is 0 Å². The number of hydrogen-bond acceptors (Lipinski definition) is 4. The van der Waals surface area contributed by atoms with Gasteiger partial charge < -0.3 is 15.1 Å². The highest BCUT2D eigenvalue weighted by Crippen LogP contribution is 2.40. The SMILES string of the molecule is O[C@@H]1CN2c3ccccc3SCC2[C@H]1O. The molecule has 0 saturated carbocycles. The summed E-state index contributed by atoms with van der Waals surface area (Å²) in [5, 5.41) is 19.5. The van der Waals surface area contributed by atoms with E-state index in [0.717, 1.165) is 11.4 Å². The van der Waals surface area contributed by atoms with Gasteiger partial charge in [-0.05, 0) is 12.1 Å². The lowest BCUT2D eigenvalue weighted by Gasteiger charge is -2.33. The summed E-state index contributed by atoms with van der Waals surface area (Å²) in [6.07, 6.45) is -1.22. The standard InChI is InChI=1S/C11H13NO2S/c13-9-5-12-7-3-1-2-4-10(7)15-6-8(12)11(9)14/h1-4,8-9,11,13-14H,5-6H2/t8?,9-,11-/m1/s1. The van der Waals surface area contributed by atoms with Crippen LogP contribution in [-0.2, 0) is 0 Å². The van der Waals surface area contributed by atoms with Gasteiger partial charge in [0, 0.05) is 17.2 Å². The number of thioether (sulfide) groups is 1. The molecule has 3 atom stereocenters. The van der Waals surface area contributed by atoms with Gasteiger partial charge in [0.2, 0.25) is 0 Å². The molecule has 4 heteroatoms. The smallest absolute Gasteiger partial charge is 0.103 e. The lowest BCUT2D eigenvalue weighted by molar-refractivity contribution is 0.0445. The average Bonchev–Trinajstić information content (AvgIpc) is 2.56. The maximum absolute atomic E-state index is 9.81. The largest absolute Gasteiger partial charge is 0.388 e. The maximum atomic E-state index is 9.81. The fourth-order valence-corrected chi connectivity index (χ4v) is 3.58. The molecule has 1 aromatic carbocycles. The Bertz CT molecular complexity index is 385. The highest BCUT2D eigenvalue weighted by Gasteiger charge is 2.42. The third kappa shape index (κ3) is 1.36. The quantitative estimate of drug-likeness (QED) is 0.679. The van der Waals surface area contributed by atoms with Crippen LogP contribution in [0.4, 0.5) is 5.69 Å². The number of anilines is 1. The van der Waals surface area contributed by atoms with Gasteiger partial charge in [-0.1, -0.05) is 12.1 Å². The molecule has 15 heavy (non-hydrogen) atoms. The normalized spacial score (nSPS) is 33.7. The summed E-state index contributed by atoms with van der Waals surface area (Å²) in [6, 6.07) is 8.24. The molecule has 0 aromatic heterocycles. The number of nitrogens with zero attached hydrogens (tertiary/aromatic N) is 1. The van der Waals surface area contributed by atoms with E-state index in [1.54, 1.807) is 11.8 Å². The van der Waals surface area contributed by atoms with Crippen molar-refractivity contribution in [3.05, 3.63) is 24.3 Å². The molecule has 1 fully saturated rings. The van der Waals surface area contributed by atoms with Crippen molar-refractivity contribution in [1.82, 2.24) is 0 Å². The van der Waals surface area contributed by atoms with Gasteiger partial charge in [0.1, 0.15) is 6.10 Å². The lowest BCUT2D eigenvalue weighted by atomic mass is 10.1. The average molecular weight is 223 g/mol. The van der Waals surface area contributed by atoms with E-state index in [-0.39, 0.29) is 6.04 Å². The molecule has 1 aromatic rings. The Morgan fingerprint density at radius 2 is 2.07 bits per heavy atom. The van der Waals surface area contributed by atoms with Crippen molar-refractivity contribution in [3.8, 4) is 0 Å². The first-order valence-corrected chi connectivity index (χ1v) is 6.10. The molecule has 0 aliphatic carbocycles. The van der Waals surface area contributed by atoms with Gasteiger partial charge in [0.05, 0.1) is 17.8 Å². The molecule has 0 bridgehead atoms. The monoisotopic (exact) mass is 223 g/mol. The topological polar surface area (TPSA) is 43.7 Å². The van der Waals surface area contributed by atoms with Crippen LogP contribution < -0.4 is 4.90 Å². The molecule has 80 valence electrons. The summed E-state index contributed by atoms with van der Waals surface area (Å²) in [7, 11) is 0. The fourth-order valence-electron chi connectivity index (χ4n) is 2.34. The summed E-state index contributed by atoms with van der Waals surface area (Å²) in [6.45, 7) is 0.545. The van der Waals surface area contributed by atoms with Crippen molar-refractivity contribution in [2.45, 2.75) is 23.1 Å². The van der Waals surface area contributed by atoms with Crippen LogP contribution in [0, 0.1) is 0 Å². The van der Waals surface area contributed by atoms with E-state index in [9.17, 15) is 10.2 Å². The van der Waals surface area contributed by atoms with E-state index in [2.05, 4.69) is 17.0 Å². The van der Waals surface area contributed by atoms with E-state index in [1.807, 2.05) is 12.1 Å². The van der Waals surface area contributed by atoms with Gasteiger partial charge in [0.15, 0.2) is 0 Å². The minimum atomic E-state index is -0.609. The van der Waals surface area contributed by atoms with Crippen molar-refractivity contribution in [1.29, 1.82) is 0 Å². The first-order valence-electron chi connectivity index (χ1n) is 5.12. The number of benzene rings is 1. The van der Waals surface area contributed by atoms with Crippen LogP contribution in [0.25, 0.3) is 0 Å². The molecular formula is C11H13NO2S. The number of aliphatic hydroxyl groups excluding tert-OH is 2. The number of aliphatic hydroxyl groups is 2. The second kappa shape index (κ2) is 3.40. The molecule has 2 N–H and O–H groups in total. The first kappa shape index (κ1) is 9.51. The van der Waals surface area contributed by atoms with Crippen LogP contribution in [0.1, 0.15) is 0 Å².